The van der Waals surface area contributed by atoms with E-state index in [1.165, 1.54) is 11.8 Å². The first kappa shape index (κ1) is 20.9. The topological polar surface area (TPSA) is 85.2 Å². The summed E-state index contributed by atoms with van der Waals surface area (Å²) in [5.41, 5.74) is 0.985. The SMILES string of the molecule is CCCN(C(=O)CSc1nnc(-c2ccccc2)n1CC)[C@H]1CCS(=O)(=O)C1. The van der Waals surface area contributed by atoms with E-state index in [2.05, 4.69) is 10.2 Å². The Morgan fingerprint density at radius 1 is 1.25 bits per heavy atom. The second-order valence-corrected chi connectivity index (χ2v) is 10.0. The van der Waals surface area contributed by atoms with Gasteiger partial charge in [0.2, 0.25) is 5.91 Å². The van der Waals surface area contributed by atoms with Crippen molar-refractivity contribution in [3.8, 4) is 11.4 Å². The zero-order chi connectivity index (χ0) is 20.1. The number of carbonyl (C=O) groups is 1. The number of rotatable bonds is 8. The molecular formula is C19H26N4O3S2. The zero-order valence-corrected chi connectivity index (χ0v) is 17.9. The minimum absolute atomic E-state index is 0.0409. The molecule has 1 atom stereocenters. The van der Waals surface area contributed by atoms with Gasteiger partial charge in [-0.1, -0.05) is 49.0 Å². The quantitative estimate of drug-likeness (QED) is 0.608. The first-order valence-corrected chi connectivity index (χ1v) is 12.4. The molecule has 0 unspecified atom stereocenters. The molecule has 1 aromatic carbocycles. The van der Waals surface area contributed by atoms with Crippen LogP contribution < -0.4 is 0 Å². The summed E-state index contributed by atoms with van der Waals surface area (Å²) in [6.07, 6.45) is 1.33. The van der Waals surface area contributed by atoms with Gasteiger partial charge in [0.05, 0.1) is 17.3 Å². The van der Waals surface area contributed by atoms with Gasteiger partial charge in [-0.2, -0.15) is 0 Å². The average molecular weight is 423 g/mol. The molecule has 1 saturated heterocycles. The van der Waals surface area contributed by atoms with Crippen LogP contribution in [0.2, 0.25) is 0 Å². The first-order chi connectivity index (χ1) is 13.4. The standard InChI is InChI=1S/C19H26N4O3S2/c1-3-11-23(16-10-12-28(25,26)14-16)17(24)13-27-19-21-20-18(22(19)4-2)15-8-6-5-7-9-15/h5-9,16H,3-4,10-14H2,1-2H3/t16-/m0/s1. The largest absolute Gasteiger partial charge is 0.338 e. The molecule has 1 aromatic heterocycles. The van der Waals surface area contributed by atoms with E-state index in [1.807, 2.05) is 48.7 Å². The normalized spacial score (nSPS) is 18.3. The third-order valence-electron chi connectivity index (χ3n) is 4.82. The van der Waals surface area contributed by atoms with Crippen LogP contribution in [0, 0.1) is 0 Å². The van der Waals surface area contributed by atoms with E-state index in [-0.39, 0.29) is 29.2 Å². The summed E-state index contributed by atoms with van der Waals surface area (Å²) in [4.78, 5) is 14.6. The highest BCUT2D eigenvalue weighted by Gasteiger charge is 2.34. The Hall–Kier alpha value is -1.87. The molecule has 152 valence electrons. The van der Waals surface area contributed by atoms with Crippen LogP contribution in [0.15, 0.2) is 35.5 Å². The highest BCUT2D eigenvalue weighted by molar-refractivity contribution is 7.99. The van der Waals surface area contributed by atoms with Crippen LogP contribution in [0.1, 0.15) is 26.7 Å². The van der Waals surface area contributed by atoms with Crippen molar-refractivity contribution in [1.82, 2.24) is 19.7 Å². The van der Waals surface area contributed by atoms with Crippen molar-refractivity contribution >= 4 is 27.5 Å². The van der Waals surface area contributed by atoms with Crippen LogP contribution in [-0.2, 0) is 21.2 Å². The summed E-state index contributed by atoms with van der Waals surface area (Å²) >= 11 is 1.36. The Balaban J connectivity index is 1.70. The van der Waals surface area contributed by atoms with Gasteiger partial charge in [-0.15, -0.1) is 10.2 Å². The Kier molecular flexibility index (Phi) is 6.77. The smallest absolute Gasteiger partial charge is 0.233 e. The fraction of sp³-hybridized carbons (Fsp3) is 0.526. The Morgan fingerprint density at radius 3 is 2.61 bits per heavy atom. The van der Waals surface area contributed by atoms with Gasteiger partial charge in [0.1, 0.15) is 0 Å². The van der Waals surface area contributed by atoms with Gasteiger partial charge in [0, 0.05) is 24.7 Å². The molecule has 1 amide bonds. The maximum absolute atomic E-state index is 12.8. The number of benzene rings is 1. The summed E-state index contributed by atoms with van der Waals surface area (Å²) < 4.78 is 25.6. The summed E-state index contributed by atoms with van der Waals surface area (Å²) in [6, 6.07) is 9.63. The van der Waals surface area contributed by atoms with E-state index in [1.54, 1.807) is 4.90 Å². The lowest BCUT2D eigenvalue weighted by atomic mass is 10.2. The Labute approximate surface area is 170 Å². The summed E-state index contributed by atoms with van der Waals surface area (Å²) in [6.45, 7) is 5.30. The molecule has 28 heavy (non-hydrogen) atoms. The second-order valence-electron chi connectivity index (χ2n) is 6.85. The predicted octanol–water partition coefficient (Wildman–Crippen LogP) is 2.48. The van der Waals surface area contributed by atoms with Crippen LogP contribution in [-0.4, -0.2) is 63.8 Å². The zero-order valence-electron chi connectivity index (χ0n) is 16.2. The number of carbonyl (C=O) groups excluding carboxylic acids is 1. The molecule has 1 aliphatic heterocycles. The second kappa shape index (κ2) is 9.09. The molecule has 0 aliphatic carbocycles. The molecule has 2 heterocycles. The minimum atomic E-state index is -3.02. The summed E-state index contributed by atoms with van der Waals surface area (Å²) in [5.74, 6) is 1.21. The first-order valence-electron chi connectivity index (χ1n) is 9.56. The number of thioether (sulfide) groups is 1. The fourth-order valence-electron chi connectivity index (χ4n) is 3.46. The number of hydrogen-bond acceptors (Lipinski definition) is 6. The number of sulfone groups is 1. The van der Waals surface area contributed by atoms with E-state index in [0.29, 0.717) is 24.7 Å². The molecule has 1 aliphatic rings. The Bertz CT molecular complexity index is 913. The van der Waals surface area contributed by atoms with Crippen molar-refractivity contribution in [2.24, 2.45) is 0 Å². The molecule has 0 saturated carbocycles. The van der Waals surface area contributed by atoms with Crippen molar-refractivity contribution in [2.75, 3.05) is 23.8 Å². The van der Waals surface area contributed by atoms with Gasteiger partial charge in [-0.25, -0.2) is 8.42 Å². The molecule has 3 rings (SSSR count). The molecule has 0 bridgehead atoms. The highest BCUT2D eigenvalue weighted by atomic mass is 32.2. The average Bonchev–Trinajstić information content (AvgIpc) is 3.27. The van der Waals surface area contributed by atoms with E-state index in [0.717, 1.165) is 17.8 Å². The summed E-state index contributed by atoms with van der Waals surface area (Å²) in [7, 11) is -3.02. The van der Waals surface area contributed by atoms with Gasteiger partial charge in [0.25, 0.3) is 0 Å². The lowest BCUT2D eigenvalue weighted by Crippen LogP contribution is -2.42. The lowest BCUT2D eigenvalue weighted by molar-refractivity contribution is -0.130. The molecule has 0 N–H and O–H groups in total. The van der Waals surface area contributed by atoms with Crippen LogP contribution in [0.3, 0.4) is 0 Å². The minimum Gasteiger partial charge on any atom is -0.338 e. The molecule has 1 fully saturated rings. The fourth-order valence-corrected chi connectivity index (χ4v) is 6.08. The van der Waals surface area contributed by atoms with Gasteiger partial charge in [-0.3, -0.25) is 4.79 Å². The third kappa shape index (κ3) is 4.75. The van der Waals surface area contributed by atoms with E-state index in [9.17, 15) is 13.2 Å². The molecule has 2 aromatic rings. The monoisotopic (exact) mass is 422 g/mol. The molecule has 7 nitrogen and oxygen atoms in total. The number of hydrogen-bond donors (Lipinski definition) is 0. The number of amides is 1. The maximum Gasteiger partial charge on any atom is 0.233 e. The van der Waals surface area contributed by atoms with Crippen molar-refractivity contribution in [2.45, 2.75) is 44.4 Å². The molecule has 0 spiro atoms. The van der Waals surface area contributed by atoms with E-state index in [4.69, 9.17) is 0 Å². The molecule has 0 radical (unpaired) electrons. The summed E-state index contributed by atoms with van der Waals surface area (Å²) in [5, 5.41) is 9.27. The lowest BCUT2D eigenvalue weighted by Gasteiger charge is -2.27. The van der Waals surface area contributed by atoms with Gasteiger partial charge in [-0.05, 0) is 19.8 Å². The maximum atomic E-state index is 12.8. The molecule has 9 heteroatoms. The van der Waals surface area contributed by atoms with Crippen LogP contribution in [0.5, 0.6) is 0 Å². The van der Waals surface area contributed by atoms with Crippen molar-refractivity contribution in [3.05, 3.63) is 30.3 Å². The van der Waals surface area contributed by atoms with Crippen LogP contribution >= 0.6 is 11.8 Å². The van der Waals surface area contributed by atoms with Gasteiger partial charge < -0.3 is 9.47 Å². The van der Waals surface area contributed by atoms with Crippen molar-refractivity contribution < 1.29 is 13.2 Å². The number of nitrogens with zero attached hydrogens (tertiary/aromatic N) is 4. The van der Waals surface area contributed by atoms with Gasteiger partial charge >= 0.3 is 0 Å². The third-order valence-corrected chi connectivity index (χ3v) is 7.53. The Morgan fingerprint density at radius 2 is 2.00 bits per heavy atom. The van der Waals surface area contributed by atoms with Crippen LogP contribution in [0.4, 0.5) is 0 Å². The van der Waals surface area contributed by atoms with Crippen molar-refractivity contribution in [3.63, 3.8) is 0 Å². The molecular weight excluding hydrogens is 396 g/mol. The predicted molar refractivity (Wildman–Crippen MR) is 111 cm³/mol. The van der Waals surface area contributed by atoms with E-state index < -0.39 is 9.84 Å². The van der Waals surface area contributed by atoms with Crippen molar-refractivity contribution in [1.29, 1.82) is 0 Å². The van der Waals surface area contributed by atoms with Gasteiger partial charge in [0.15, 0.2) is 20.8 Å². The van der Waals surface area contributed by atoms with E-state index >= 15 is 0 Å². The highest BCUT2D eigenvalue weighted by Crippen LogP contribution is 2.25. The van der Waals surface area contributed by atoms with Crippen LogP contribution in [0.25, 0.3) is 11.4 Å². The number of aromatic nitrogens is 3.